The molecule has 0 radical (unpaired) electrons. The monoisotopic (exact) mass is 1260 g/mol. The number of aromatic nitrogens is 4. The first-order chi connectivity index (χ1) is 48.5. The molecule has 6 heterocycles. The number of hydrogen-bond donors (Lipinski definition) is 0. The van der Waals surface area contributed by atoms with Gasteiger partial charge in [0.05, 0.1) is 53.3 Å². The van der Waals surface area contributed by atoms with Crippen molar-refractivity contribution in [1.29, 1.82) is 0 Å². The van der Waals surface area contributed by atoms with Gasteiger partial charge < -0.3 is 4.42 Å². The first-order valence-electron chi connectivity index (χ1n) is 33.0. The van der Waals surface area contributed by atoms with Gasteiger partial charge in [-0.25, -0.2) is 34.3 Å². The summed E-state index contributed by atoms with van der Waals surface area (Å²) in [5.74, 6) is 1.09. The molecular weight excluding hydrogens is 1210 g/mol. The Morgan fingerprint density at radius 2 is 0.906 bits per heavy atom. The molecule has 448 valence electrons. The van der Waals surface area contributed by atoms with Crippen LogP contribution in [0.2, 0.25) is 0 Å². The average Bonchev–Trinajstić information content (AvgIpc) is 1.27. The van der Waals surface area contributed by atoms with Crippen LogP contribution < -0.4 is 14.3 Å². The Balaban J connectivity index is 0.000000134. The Labute approximate surface area is 561 Å². The maximum atomic E-state index is 8.93. The number of hydrogen-bond acceptors (Lipinski definition) is 10. The van der Waals surface area contributed by atoms with Gasteiger partial charge in [-0.2, -0.15) is 0 Å². The topological polar surface area (TPSA) is 74.4 Å². The van der Waals surface area contributed by atoms with Gasteiger partial charge in [-0.3, -0.25) is 0 Å². The standard InChI is InChI=1S/C46H28N4O.C40H23N3S2/c1-3-15-29(16-4-1)43-35-23-11-13-25-38(35)47-46(48-43)50-44-41(33-21-9-10-22-34(33)45-42(44)36-24-12-14-26-40(36)51-45)37-27-30-17-7-8-18-31(30)28-39(37)49(50)32-19-5-2-6-20-32;1-2-13-25(14-3-1)37-29-18-8-10-20-31(29)41-40(42-37)43-38-35(34-26-15-5-4-12-24(26)22-23-33(34)45-43)27-16-6-7-17-28(27)39-36(38)30-19-9-11-21-32(30)44-39/h1-28H;1-23H/i15D;13D. The summed E-state index contributed by atoms with van der Waals surface area (Å²) < 4.78 is 29.3. The third kappa shape index (κ3) is 8.35. The molecule has 2 aliphatic rings. The maximum absolute atomic E-state index is 8.93. The van der Waals surface area contributed by atoms with Crippen LogP contribution in [0.1, 0.15) is 2.74 Å². The van der Waals surface area contributed by atoms with Crippen LogP contribution in [-0.2, 0) is 0 Å². The fourth-order valence-electron chi connectivity index (χ4n) is 14.7. The first-order valence-corrected chi connectivity index (χ1v) is 33.6. The fourth-order valence-corrected chi connectivity index (χ4v) is 17.0. The molecule has 96 heavy (non-hydrogen) atoms. The van der Waals surface area contributed by atoms with Crippen LogP contribution in [0.4, 0.5) is 34.6 Å². The van der Waals surface area contributed by atoms with Gasteiger partial charge in [0.2, 0.25) is 5.95 Å². The van der Waals surface area contributed by atoms with Crippen LogP contribution in [0.25, 0.3) is 152 Å². The molecule has 0 unspecified atom stereocenters. The van der Waals surface area contributed by atoms with Gasteiger partial charge >= 0.3 is 0 Å². The Morgan fingerprint density at radius 3 is 1.62 bits per heavy atom. The number of hydrazine groups is 1. The van der Waals surface area contributed by atoms with Crippen molar-refractivity contribution < 1.29 is 7.16 Å². The van der Waals surface area contributed by atoms with Crippen LogP contribution in [-0.4, -0.2) is 19.9 Å². The van der Waals surface area contributed by atoms with Crippen molar-refractivity contribution in [1.82, 2.24) is 19.9 Å². The molecule has 0 saturated heterocycles. The third-order valence-electron chi connectivity index (χ3n) is 18.8. The highest BCUT2D eigenvalue weighted by Crippen LogP contribution is 2.61. The highest BCUT2D eigenvalue weighted by Gasteiger charge is 2.39. The zero-order chi connectivity index (χ0) is 64.7. The number of benzene rings is 15. The van der Waals surface area contributed by atoms with E-state index >= 15 is 0 Å². The number of thiophene rings is 1. The van der Waals surface area contributed by atoms with E-state index in [1.807, 2.05) is 121 Å². The molecule has 2 aliphatic heterocycles. The molecule has 19 aromatic rings. The third-order valence-corrected chi connectivity index (χ3v) is 21.1. The van der Waals surface area contributed by atoms with Crippen molar-refractivity contribution in [3.8, 4) is 44.8 Å². The minimum Gasteiger partial charge on any atom is -0.455 e. The normalized spacial score (nSPS) is 13.0. The minimum absolute atomic E-state index is 0.405. The average molecular weight is 1260 g/mol. The van der Waals surface area contributed by atoms with Gasteiger partial charge in [-0.05, 0) is 98.9 Å². The zero-order valence-electron chi connectivity index (χ0n) is 53.1. The quantitative estimate of drug-likeness (QED) is 0.157. The van der Waals surface area contributed by atoms with Gasteiger partial charge in [-0.1, -0.05) is 255 Å². The van der Waals surface area contributed by atoms with Crippen LogP contribution in [0.5, 0.6) is 0 Å². The van der Waals surface area contributed by atoms with Crippen molar-refractivity contribution in [3.05, 3.63) is 309 Å². The molecular formula is C86H51N7OS2. The molecule has 0 amide bonds. The summed E-state index contributed by atoms with van der Waals surface area (Å²) in [6.07, 6.45) is 0. The van der Waals surface area contributed by atoms with E-state index in [4.69, 9.17) is 27.1 Å². The molecule has 10 heteroatoms. The first kappa shape index (κ1) is 52.3. The van der Waals surface area contributed by atoms with Crippen molar-refractivity contribution in [2.24, 2.45) is 0 Å². The molecule has 0 N–H and O–H groups in total. The lowest BCUT2D eigenvalue weighted by atomic mass is 9.88. The summed E-state index contributed by atoms with van der Waals surface area (Å²) >= 11 is 3.53. The Hall–Kier alpha value is -12.2. The maximum Gasteiger partial charge on any atom is 0.251 e. The van der Waals surface area contributed by atoms with E-state index in [0.29, 0.717) is 29.7 Å². The van der Waals surface area contributed by atoms with Crippen molar-refractivity contribution >= 4 is 165 Å². The summed E-state index contributed by atoms with van der Waals surface area (Å²) in [5, 5.41) is 20.1. The molecule has 8 nitrogen and oxygen atoms in total. The van der Waals surface area contributed by atoms with Gasteiger partial charge in [0.15, 0.2) is 0 Å². The molecule has 0 spiro atoms. The molecule has 0 fully saturated rings. The molecule has 15 aromatic carbocycles. The van der Waals surface area contributed by atoms with Crippen LogP contribution in [0, 0.1) is 0 Å². The fraction of sp³-hybridized carbons (Fsp3) is 0. The van der Waals surface area contributed by atoms with Gasteiger partial charge in [0.25, 0.3) is 5.95 Å². The predicted molar refractivity (Wildman–Crippen MR) is 403 cm³/mol. The van der Waals surface area contributed by atoms with E-state index < -0.39 is 0 Å². The summed E-state index contributed by atoms with van der Waals surface area (Å²) in [4.78, 5) is 22.5. The number of fused-ring (bicyclic) bond motifs is 25. The molecule has 0 aliphatic carbocycles. The van der Waals surface area contributed by atoms with Crippen LogP contribution in [0.3, 0.4) is 0 Å². The van der Waals surface area contributed by atoms with E-state index in [1.54, 1.807) is 11.9 Å². The van der Waals surface area contributed by atoms with Gasteiger partial charge in [-0.15, -0.1) is 11.3 Å². The summed E-state index contributed by atoms with van der Waals surface area (Å²) in [7, 11) is 0. The molecule has 21 rings (SSSR count). The largest absolute Gasteiger partial charge is 0.455 e. The van der Waals surface area contributed by atoms with Crippen LogP contribution >= 0.6 is 23.3 Å². The number of furan rings is 1. The second-order valence-electron chi connectivity index (χ2n) is 24.2. The molecule has 0 bridgehead atoms. The Bertz CT molecular complexity index is 6570. The summed E-state index contributed by atoms with van der Waals surface area (Å²) in [6, 6.07) is 103. The zero-order valence-corrected chi connectivity index (χ0v) is 52.8. The number of para-hydroxylation sites is 4. The highest BCUT2D eigenvalue weighted by atomic mass is 32.2. The number of anilines is 6. The van der Waals surface area contributed by atoms with Crippen molar-refractivity contribution in [2.45, 2.75) is 4.90 Å². The lowest BCUT2D eigenvalue weighted by Crippen LogP contribution is -2.40. The molecule has 0 atom stereocenters. The van der Waals surface area contributed by atoms with Crippen molar-refractivity contribution in [3.63, 3.8) is 0 Å². The summed E-state index contributed by atoms with van der Waals surface area (Å²) in [5.41, 5.74) is 14.9. The number of nitrogens with zero attached hydrogens (tertiary/aromatic N) is 7. The minimum atomic E-state index is 0.405. The van der Waals surface area contributed by atoms with E-state index in [9.17, 15) is 0 Å². The van der Waals surface area contributed by atoms with E-state index in [2.05, 4.69) is 202 Å². The van der Waals surface area contributed by atoms with E-state index in [1.165, 1.54) is 52.8 Å². The van der Waals surface area contributed by atoms with Crippen LogP contribution in [0.15, 0.2) is 319 Å². The van der Waals surface area contributed by atoms with E-state index in [-0.39, 0.29) is 0 Å². The highest BCUT2D eigenvalue weighted by molar-refractivity contribution is 8.01. The van der Waals surface area contributed by atoms with Crippen molar-refractivity contribution in [2.75, 3.05) is 14.3 Å². The predicted octanol–water partition coefficient (Wildman–Crippen LogP) is 24.2. The second-order valence-corrected chi connectivity index (χ2v) is 26.2. The molecule has 4 aromatic heterocycles. The number of rotatable bonds is 5. The summed E-state index contributed by atoms with van der Waals surface area (Å²) in [6.45, 7) is 0. The second kappa shape index (κ2) is 21.7. The van der Waals surface area contributed by atoms with Gasteiger partial charge in [0.1, 0.15) is 11.2 Å². The molecule has 0 saturated carbocycles. The smallest absolute Gasteiger partial charge is 0.251 e. The van der Waals surface area contributed by atoms with Gasteiger partial charge in [0, 0.05) is 85.4 Å². The Morgan fingerprint density at radius 1 is 0.365 bits per heavy atom. The lowest BCUT2D eigenvalue weighted by Gasteiger charge is -2.43. The Kier molecular flexibility index (Phi) is 11.8. The lowest BCUT2D eigenvalue weighted by molar-refractivity contribution is 0.672. The van der Waals surface area contributed by atoms with E-state index in [0.717, 1.165) is 121 Å². The SMILES string of the molecule is [2H]c1ccccc1-c1nc(N2Sc3ccc4ccccc4c3-c3c2c2c4ccccc4sc2c2ccccc32)nc2ccccc12.[2H]c1ccccc1-c1nc(N2c3c(c4ccccc4c4oc5ccccc5c34)-c3cc4ccccc4cc3N2c2ccccc2)nc2ccccc12.